The molecule has 1 aromatic carbocycles. The first-order chi connectivity index (χ1) is 9.55. The molecule has 2 heteroatoms. The molecule has 2 aliphatic rings. The minimum Gasteiger partial charge on any atom is -0.277 e. The fourth-order valence-corrected chi connectivity index (χ4v) is 3.01. The number of hydrogen-bond acceptors (Lipinski definition) is 2. The number of para-hydroxylation sites is 1. The lowest BCUT2D eigenvalue weighted by molar-refractivity contribution is 0.407. The molecule has 0 bridgehead atoms. The number of allylic oxidation sites excluding steroid dienone is 4. The van der Waals surface area contributed by atoms with Crippen LogP contribution < -0.4 is 0 Å². The van der Waals surface area contributed by atoms with Gasteiger partial charge in [0, 0.05) is 0 Å². The van der Waals surface area contributed by atoms with E-state index in [2.05, 4.69) is 39.0 Å². The summed E-state index contributed by atoms with van der Waals surface area (Å²) in [6.07, 6.45) is 7.42. The van der Waals surface area contributed by atoms with E-state index in [0.29, 0.717) is 5.92 Å². The van der Waals surface area contributed by atoms with E-state index in [1.54, 1.807) is 0 Å². The van der Waals surface area contributed by atoms with E-state index in [0.717, 1.165) is 23.5 Å². The molecule has 0 radical (unpaired) electrons. The van der Waals surface area contributed by atoms with Gasteiger partial charge in [0.2, 0.25) is 0 Å². The first kappa shape index (κ1) is 13.0. The molecule has 0 fully saturated rings. The molecule has 102 valence electrons. The summed E-state index contributed by atoms with van der Waals surface area (Å²) in [4.78, 5) is 9.69. The first-order valence-electron chi connectivity index (χ1n) is 7.18. The van der Waals surface area contributed by atoms with Crippen molar-refractivity contribution < 1.29 is 0 Å². The Hall–Kier alpha value is -1.96. The number of hydrogen-bond donors (Lipinski definition) is 0. The lowest BCUT2D eigenvalue weighted by Crippen LogP contribution is -2.35. The van der Waals surface area contributed by atoms with Crippen molar-refractivity contribution in [3.8, 4) is 0 Å². The molecule has 0 saturated carbocycles. The van der Waals surface area contributed by atoms with Crippen LogP contribution in [0.15, 0.2) is 64.1 Å². The highest BCUT2D eigenvalue weighted by molar-refractivity contribution is 6.53. The average Bonchev–Trinajstić information content (AvgIpc) is 2.40. The summed E-state index contributed by atoms with van der Waals surface area (Å²) >= 11 is 0. The topological polar surface area (TPSA) is 24.7 Å². The molecule has 1 heterocycles. The van der Waals surface area contributed by atoms with Gasteiger partial charge < -0.3 is 0 Å². The van der Waals surface area contributed by atoms with Gasteiger partial charge in [0.1, 0.15) is 0 Å². The molecule has 3 rings (SSSR count). The largest absolute Gasteiger partial charge is 0.277 e. The van der Waals surface area contributed by atoms with Gasteiger partial charge in [-0.25, -0.2) is 4.99 Å². The van der Waals surface area contributed by atoms with Gasteiger partial charge in [-0.2, -0.15) is 0 Å². The number of rotatable bonds is 1. The van der Waals surface area contributed by atoms with Crippen LogP contribution in [0, 0.1) is 5.92 Å². The molecule has 1 atom stereocenters. The van der Waals surface area contributed by atoms with Gasteiger partial charge in [0.15, 0.2) is 0 Å². The fourth-order valence-electron chi connectivity index (χ4n) is 3.01. The first-order valence-corrected chi connectivity index (χ1v) is 7.18. The second kappa shape index (κ2) is 4.86. The smallest absolute Gasteiger partial charge is 0.0892 e. The van der Waals surface area contributed by atoms with Crippen molar-refractivity contribution in [2.75, 3.05) is 0 Å². The van der Waals surface area contributed by atoms with Crippen molar-refractivity contribution in [3.05, 3.63) is 54.1 Å². The number of fused-ring (bicyclic) bond motifs is 1. The van der Waals surface area contributed by atoms with Crippen LogP contribution in [-0.2, 0) is 0 Å². The quantitative estimate of drug-likeness (QED) is 0.666. The Bertz CT molecular complexity index is 631. The van der Waals surface area contributed by atoms with E-state index in [1.165, 1.54) is 5.57 Å². The summed E-state index contributed by atoms with van der Waals surface area (Å²) in [6.45, 7) is 6.68. The predicted molar refractivity (Wildman–Crippen MR) is 86.1 cm³/mol. The highest BCUT2D eigenvalue weighted by Gasteiger charge is 2.32. The molecule has 1 aromatic rings. The lowest BCUT2D eigenvalue weighted by Gasteiger charge is -2.34. The van der Waals surface area contributed by atoms with Gasteiger partial charge >= 0.3 is 0 Å². The van der Waals surface area contributed by atoms with E-state index in [9.17, 15) is 0 Å². The van der Waals surface area contributed by atoms with Crippen molar-refractivity contribution in [2.45, 2.75) is 32.7 Å². The minimum absolute atomic E-state index is 0.00523. The van der Waals surface area contributed by atoms with Crippen molar-refractivity contribution in [1.82, 2.24) is 0 Å². The van der Waals surface area contributed by atoms with Gasteiger partial charge in [-0.3, -0.25) is 4.99 Å². The molecule has 1 aliphatic carbocycles. The molecule has 1 unspecified atom stereocenters. The Morgan fingerprint density at radius 1 is 1.20 bits per heavy atom. The monoisotopic (exact) mass is 264 g/mol. The van der Waals surface area contributed by atoms with Crippen LogP contribution in [0.1, 0.15) is 27.2 Å². The Labute approximate surface area is 120 Å². The van der Waals surface area contributed by atoms with Crippen molar-refractivity contribution in [3.63, 3.8) is 0 Å². The van der Waals surface area contributed by atoms with Gasteiger partial charge in [0.25, 0.3) is 0 Å². The third-order valence-electron chi connectivity index (χ3n) is 3.80. The zero-order chi connectivity index (χ0) is 14.2. The summed E-state index contributed by atoms with van der Waals surface area (Å²) in [6, 6.07) is 10.1. The molecule has 1 aliphatic heterocycles. The SMILES string of the molecule is CC1CC(C)(C)N=C2C1=CC=CC2=Nc1ccccc1. The highest BCUT2D eigenvalue weighted by atomic mass is 14.9. The molecule has 2 nitrogen and oxygen atoms in total. The molecule has 0 spiro atoms. The number of nitrogens with zero attached hydrogens (tertiary/aromatic N) is 2. The van der Waals surface area contributed by atoms with Crippen molar-refractivity contribution >= 4 is 17.1 Å². The van der Waals surface area contributed by atoms with E-state index in [-0.39, 0.29) is 5.54 Å². The second-order valence-electron chi connectivity index (χ2n) is 6.19. The Kier molecular flexibility index (Phi) is 3.17. The maximum atomic E-state index is 4.93. The Morgan fingerprint density at radius 2 is 1.95 bits per heavy atom. The van der Waals surface area contributed by atoms with Gasteiger partial charge in [0.05, 0.1) is 22.6 Å². The van der Waals surface area contributed by atoms with Crippen LogP contribution in [0.2, 0.25) is 0 Å². The third-order valence-corrected chi connectivity index (χ3v) is 3.80. The fraction of sp³-hybridized carbons (Fsp3) is 0.333. The summed E-state index contributed by atoms with van der Waals surface area (Å²) in [5, 5.41) is 0. The van der Waals surface area contributed by atoms with Crippen LogP contribution >= 0.6 is 0 Å². The molecular weight excluding hydrogens is 244 g/mol. The van der Waals surface area contributed by atoms with Crippen LogP contribution in [0.4, 0.5) is 5.69 Å². The van der Waals surface area contributed by atoms with Crippen molar-refractivity contribution in [2.24, 2.45) is 15.9 Å². The number of aliphatic imine (C=N–C) groups is 2. The van der Waals surface area contributed by atoms with Crippen LogP contribution in [0.25, 0.3) is 0 Å². The zero-order valence-corrected chi connectivity index (χ0v) is 12.3. The van der Waals surface area contributed by atoms with Gasteiger partial charge in [-0.05, 0) is 50.0 Å². The molecular formula is C18H20N2. The zero-order valence-electron chi connectivity index (χ0n) is 12.3. The Morgan fingerprint density at radius 3 is 2.70 bits per heavy atom. The molecule has 0 amide bonds. The average molecular weight is 264 g/mol. The van der Waals surface area contributed by atoms with Crippen molar-refractivity contribution in [1.29, 1.82) is 0 Å². The normalized spacial score (nSPS) is 25.9. The van der Waals surface area contributed by atoms with E-state index >= 15 is 0 Å². The molecule has 20 heavy (non-hydrogen) atoms. The maximum Gasteiger partial charge on any atom is 0.0892 e. The minimum atomic E-state index is -0.00523. The lowest BCUT2D eigenvalue weighted by atomic mass is 9.79. The molecule has 0 saturated heterocycles. The van der Waals surface area contributed by atoms with Crippen LogP contribution in [0.5, 0.6) is 0 Å². The second-order valence-corrected chi connectivity index (χ2v) is 6.19. The summed E-state index contributed by atoms with van der Waals surface area (Å²) in [5.74, 6) is 0.531. The highest BCUT2D eigenvalue weighted by Crippen LogP contribution is 2.34. The van der Waals surface area contributed by atoms with Crippen LogP contribution in [-0.4, -0.2) is 17.0 Å². The maximum absolute atomic E-state index is 4.93. The molecule has 0 aromatic heterocycles. The summed E-state index contributed by atoms with van der Waals surface area (Å²) in [5.41, 5.74) is 4.34. The standard InChI is InChI=1S/C18H20N2/c1-13-12-18(2,3)20-17-15(13)10-7-11-16(17)19-14-8-5-4-6-9-14/h4-11,13H,12H2,1-3H3. The predicted octanol–water partition coefficient (Wildman–Crippen LogP) is 4.51. The van der Waals surface area contributed by atoms with E-state index in [4.69, 9.17) is 9.98 Å². The molecule has 0 N–H and O–H groups in total. The summed E-state index contributed by atoms with van der Waals surface area (Å²) < 4.78 is 0. The Balaban J connectivity index is 2.06. The summed E-state index contributed by atoms with van der Waals surface area (Å²) in [7, 11) is 0. The van der Waals surface area contributed by atoms with Gasteiger partial charge in [-0.15, -0.1) is 0 Å². The van der Waals surface area contributed by atoms with Crippen LogP contribution in [0.3, 0.4) is 0 Å². The number of benzene rings is 1. The van der Waals surface area contributed by atoms with E-state index < -0.39 is 0 Å². The van der Waals surface area contributed by atoms with E-state index in [1.807, 2.05) is 30.3 Å². The third kappa shape index (κ3) is 2.51. The van der Waals surface area contributed by atoms with Gasteiger partial charge in [-0.1, -0.05) is 37.3 Å².